The predicted octanol–water partition coefficient (Wildman–Crippen LogP) is 4.40. The first kappa shape index (κ1) is 15.9. The monoisotopic (exact) mass is 356 g/mol. The number of aliphatic hydroxyl groups is 1. The molecule has 21 heavy (non-hydrogen) atoms. The van der Waals surface area contributed by atoms with E-state index in [2.05, 4.69) is 15.9 Å². The summed E-state index contributed by atoms with van der Waals surface area (Å²) in [6, 6.07) is 9.28. The van der Waals surface area contributed by atoms with Gasteiger partial charge in [0.05, 0.1) is 17.2 Å². The third-order valence-electron chi connectivity index (χ3n) is 3.11. The quantitative estimate of drug-likeness (QED) is 0.804. The molecule has 1 N–H and O–H groups in total. The number of rotatable bonds is 5. The van der Waals surface area contributed by atoms with Crippen LogP contribution < -0.4 is 4.74 Å². The lowest BCUT2D eigenvalue weighted by atomic mass is 10.0. The molecule has 0 bridgehead atoms. The summed E-state index contributed by atoms with van der Waals surface area (Å²) in [6.45, 7) is 2.43. The zero-order valence-electron chi connectivity index (χ0n) is 11.4. The van der Waals surface area contributed by atoms with E-state index in [9.17, 15) is 13.9 Å². The molecule has 1 atom stereocenters. The highest BCUT2D eigenvalue weighted by molar-refractivity contribution is 9.10. The van der Waals surface area contributed by atoms with E-state index in [1.165, 1.54) is 12.1 Å². The van der Waals surface area contributed by atoms with Crippen molar-refractivity contribution in [2.75, 3.05) is 6.61 Å². The van der Waals surface area contributed by atoms with E-state index in [0.717, 1.165) is 0 Å². The fraction of sp³-hybridized carbons (Fsp3) is 0.250. The molecule has 0 spiro atoms. The highest BCUT2D eigenvalue weighted by atomic mass is 79.9. The second-order valence-electron chi connectivity index (χ2n) is 4.54. The zero-order valence-corrected chi connectivity index (χ0v) is 13.0. The minimum Gasteiger partial charge on any atom is -0.494 e. The van der Waals surface area contributed by atoms with Gasteiger partial charge in [0.25, 0.3) is 0 Å². The van der Waals surface area contributed by atoms with Gasteiger partial charge in [0.15, 0.2) is 0 Å². The van der Waals surface area contributed by atoms with E-state index in [0.29, 0.717) is 17.9 Å². The van der Waals surface area contributed by atoms with Crippen LogP contribution in [0.3, 0.4) is 0 Å². The van der Waals surface area contributed by atoms with Gasteiger partial charge in [-0.3, -0.25) is 0 Å². The number of aliphatic hydroxyl groups excluding tert-OH is 1. The van der Waals surface area contributed by atoms with E-state index in [4.69, 9.17) is 4.74 Å². The molecule has 2 aromatic rings. The van der Waals surface area contributed by atoms with Crippen molar-refractivity contribution in [3.05, 3.63) is 63.6 Å². The topological polar surface area (TPSA) is 29.5 Å². The van der Waals surface area contributed by atoms with Gasteiger partial charge >= 0.3 is 0 Å². The molecule has 0 aliphatic carbocycles. The minimum atomic E-state index is -0.987. The molecule has 0 saturated heterocycles. The van der Waals surface area contributed by atoms with Crippen LogP contribution >= 0.6 is 15.9 Å². The molecule has 5 heteroatoms. The molecule has 112 valence electrons. The van der Waals surface area contributed by atoms with Crippen LogP contribution in [0.5, 0.6) is 5.75 Å². The summed E-state index contributed by atoms with van der Waals surface area (Å²) in [5.41, 5.74) is 0.447. The van der Waals surface area contributed by atoms with Crippen molar-refractivity contribution in [2.45, 2.75) is 19.4 Å². The van der Waals surface area contributed by atoms with Gasteiger partial charge in [0.2, 0.25) is 0 Å². The molecule has 2 rings (SSSR count). The number of ether oxygens (including phenoxy) is 1. The van der Waals surface area contributed by atoms with Crippen molar-refractivity contribution in [3.63, 3.8) is 0 Å². The molecular weight excluding hydrogens is 342 g/mol. The third-order valence-corrected chi connectivity index (χ3v) is 3.72. The molecule has 1 unspecified atom stereocenters. The second-order valence-corrected chi connectivity index (χ2v) is 5.40. The second kappa shape index (κ2) is 7.00. The summed E-state index contributed by atoms with van der Waals surface area (Å²) in [7, 11) is 0. The zero-order chi connectivity index (χ0) is 15.4. The molecule has 0 saturated carbocycles. The van der Waals surface area contributed by atoms with Gasteiger partial charge in [-0.2, -0.15) is 0 Å². The van der Waals surface area contributed by atoms with Crippen LogP contribution in [-0.4, -0.2) is 11.7 Å². The number of hydrogen-bond donors (Lipinski definition) is 1. The van der Waals surface area contributed by atoms with Crippen LogP contribution in [0.4, 0.5) is 8.78 Å². The Labute approximate surface area is 130 Å². The maximum Gasteiger partial charge on any atom is 0.143 e. The van der Waals surface area contributed by atoms with Gasteiger partial charge in [0.1, 0.15) is 17.4 Å². The predicted molar refractivity (Wildman–Crippen MR) is 80.3 cm³/mol. The van der Waals surface area contributed by atoms with Crippen molar-refractivity contribution in [3.8, 4) is 5.75 Å². The van der Waals surface area contributed by atoms with Gasteiger partial charge in [-0.25, -0.2) is 8.78 Å². The Balaban J connectivity index is 2.18. The minimum absolute atomic E-state index is 0.134. The van der Waals surface area contributed by atoms with Crippen LogP contribution in [-0.2, 0) is 6.42 Å². The maximum absolute atomic E-state index is 13.9. The molecule has 2 aromatic carbocycles. The van der Waals surface area contributed by atoms with Crippen LogP contribution in [0, 0.1) is 11.6 Å². The Kier molecular flexibility index (Phi) is 5.31. The van der Waals surface area contributed by atoms with E-state index in [1.807, 2.05) is 6.92 Å². The molecular formula is C16H15BrF2O2. The van der Waals surface area contributed by atoms with E-state index in [1.54, 1.807) is 24.3 Å². The maximum atomic E-state index is 13.9. The van der Waals surface area contributed by atoms with Gasteiger partial charge in [-0.1, -0.05) is 12.1 Å². The summed E-state index contributed by atoms with van der Waals surface area (Å²) < 4.78 is 33.0. The van der Waals surface area contributed by atoms with Gasteiger partial charge < -0.3 is 9.84 Å². The van der Waals surface area contributed by atoms with Crippen LogP contribution in [0.15, 0.2) is 40.9 Å². The molecule has 0 fully saturated rings. The fourth-order valence-corrected chi connectivity index (χ4v) is 2.39. The summed E-state index contributed by atoms with van der Waals surface area (Å²) in [6.07, 6.45) is -1.12. The van der Waals surface area contributed by atoms with Crippen LogP contribution in [0.2, 0.25) is 0 Å². The normalized spacial score (nSPS) is 12.2. The standard InChI is InChI=1S/C16H15BrF2O2/c1-2-21-11-5-3-10(4-6-11)15(20)9-12-14(18)8-7-13(17)16(12)19/h3-8,15,20H,2,9H2,1H3. The number of benzene rings is 2. The Hall–Kier alpha value is -1.46. The van der Waals surface area contributed by atoms with Crippen molar-refractivity contribution in [1.29, 1.82) is 0 Å². The van der Waals surface area contributed by atoms with E-state index in [-0.39, 0.29) is 16.5 Å². The first-order chi connectivity index (χ1) is 10.0. The van der Waals surface area contributed by atoms with Crippen LogP contribution in [0.25, 0.3) is 0 Å². The van der Waals surface area contributed by atoms with Crippen molar-refractivity contribution in [2.24, 2.45) is 0 Å². The Morgan fingerprint density at radius 1 is 1.14 bits per heavy atom. The molecule has 0 amide bonds. The lowest BCUT2D eigenvalue weighted by Crippen LogP contribution is -2.06. The number of hydrogen-bond acceptors (Lipinski definition) is 2. The molecule has 0 aliphatic rings. The average molecular weight is 357 g/mol. The summed E-state index contributed by atoms with van der Waals surface area (Å²) in [5.74, 6) is -0.658. The molecule has 0 aromatic heterocycles. The number of halogens is 3. The molecule has 0 aliphatic heterocycles. The highest BCUT2D eigenvalue weighted by Gasteiger charge is 2.17. The SMILES string of the molecule is CCOc1ccc(C(O)Cc2c(F)ccc(Br)c2F)cc1. The molecule has 2 nitrogen and oxygen atoms in total. The van der Waals surface area contributed by atoms with Gasteiger partial charge in [-0.05, 0) is 52.7 Å². The van der Waals surface area contributed by atoms with Crippen molar-refractivity contribution in [1.82, 2.24) is 0 Å². The van der Waals surface area contributed by atoms with E-state index < -0.39 is 17.7 Å². The first-order valence-corrected chi connectivity index (χ1v) is 7.35. The van der Waals surface area contributed by atoms with E-state index >= 15 is 0 Å². The molecule has 0 heterocycles. The van der Waals surface area contributed by atoms with Crippen molar-refractivity contribution >= 4 is 15.9 Å². The van der Waals surface area contributed by atoms with Gasteiger partial charge in [0, 0.05) is 12.0 Å². The van der Waals surface area contributed by atoms with Crippen LogP contribution in [0.1, 0.15) is 24.2 Å². The summed E-state index contributed by atoms with van der Waals surface area (Å²) in [4.78, 5) is 0. The summed E-state index contributed by atoms with van der Waals surface area (Å²) >= 11 is 3.01. The average Bonchev–Trinajstić information content (AvgIpc) is 2.48. The highest BCUT2D eigenvalue weighted by Crippen LogP contribution is 2.27. The summed E-state index contributed by atoms with van der Waals surface area (Å²) in [5, 5.41) is 10.1. The molecule has 0 radical (unpaired) electrons. The van der Waals surface area contributed by atoms with Crippen molar-refractivity contribution < 1.29 is 18.6 Å². The Bertz CT molecular complexity index is 614. The lowest BCUT2D eigenvalue weighted by Gasteiger charge is -2.13. The third kappa shape index (κ3) is 3.80. The largest absolute Gasteiger partial charge is 0.494 e. The smallest absolute Gasteiger partial charge is 0.143 e. The Morgan fingerprint density at radius 3 is 2.43 bits per heavy atom. The Morgan fingerprint density at radius 2 is 1.81 bits per heavy atom. The fourth-order valence-electron chi connectivity index (χ4n) is 2.02. The van der Waals surface area contributed by atoms with Gasteiger partial charge in [-0.15, -0.1) is 0 Å². The lowest BCUT2D eigenvalue weighted by molar-refractivity contribution is 0.175. The first-order valence-electron chi connectivity index (χ1n) is 6.56.